The van der Waals surface area contributed by atoms with E-state index in [1.165, 1.54) is 11.8 Å². The molecule has 0 saturated carbocycles. The highest BCUT2D eigenvalue weighted by molar-refractivity contribution is 9.10. The standard InChI is InChI=1S/C13H13BrN2OS/c1-2-16-8-10(7-15-16)12(17)9-18-13-6-4-3-5-11(13)14/h3-8H,2,9H2,1H3. The normalized spacial score (nSPS) is 10.6. The van der Waals surface area contributed by atoms with Gasteiger partial charge in [-0.3, -0.25) is 9.48 Å². The van der Waals surface area contributed by atoms with E-state index in [0.717, 1.165) is 15.9 Å². The fourth-order valence-corrected chi connectivity index (χ4v) is 2.93. The summed E-state index contributed by atoms with van der Waals surface area (Å²) in [7, 11) is 0. The minimum Gasteiger partial charge on any atom is -0.293 e. The van der Waals surface area contributed by atoms with Gasteiger partial charge in [0.2, 0.25) is 0 Å². The summed E-state index contributed by atoms with van der Waals surface area (Å²) in [5, 5.41) is 4.11. The van der Waals surface area contributed by atoms with Gasteiger partial charge in [-0.1, -0.05) is 12.1 Å². The first-order chi connectivity index (χ1) is 8.70. The fourth-order valence-electron chi connectivity index (χ4n) is 1.47. The van der Waals surface area contributed by atoms with E-state index in [1.807, 2.05) is 31.2 Å². The number of aromatic nitrogens is 2. The summed E-state index contributed by atoms with van der Waals surface area (Å²) in [5.74, 6) is 0.535. The second-order valence-electron chi connectivity index (χ2n) is 3.73. The molecule has 0 aliphatic carbocycles. The lowest BCUT2D eigenvalue weighted by atomic mass is 10.3. The van der Waals surface area contributed by atoms with Gasteiger partial charge < -0.3 is 0 Å². The Hall–Kier alpha value is -1.07. The van der Waals surface area contributed by atoms with E-state index >= 15 is 0 Å². The van der Waals surface area contributed by atoms with Crippen molar-refractivity contribution in [2.75, 3.05) is 5.75 Å². The van der Waals surface area contributed by atoms with Crippen LogP contribution in [0, 0.1) is 0 Å². The minimum absolute atomic E-state index is 0.107. The van der Waals surface area contributed by atoms with Gasteiger partial charge in [0.15, 0.2) is 5.78 Å². The highest BCUT2D eigenvalue weighted by Gasteiger charge is 2.10. The van der Waals surface area contributed by atoms with Crippen LogP contribution in [0.4, 0.5) is 0 Å². The molecule has 3 nitrogen and oxygen atoms in total. The number of ketones is 1. The van der Waals surface area contributed by atoms with Crippen molar-refractivity contribution in [3.8, 4) is 0 Å². The molecule has 0 saturated heterocycles. The van der Waals surface area contributed by atoms with Gasteiger partial charge in [0.25, 0.3) is 0 Å². The predicted molar refractivity (Wildman–Crippen MR) is 77.1 cm³/mol. The Balaban J connectivity index is 1.98. The molecule has 0 unspecified atom stereocenters. The number of carbonyl (C=O) groups excluding carboxylic acids is 1. The molecule has 0 N–H and O–H groups in total. The first-order valence-corrected chi connectivity index (χ1v) is 7.41. The van der Waals surface area contributed by atoms with Crippen molar-refractivity contribution in [1.82, 2.24) is 9.78 Å². The van der Waals surface area contributed by atoms with E-state index in [1.54, 1.807) is 17.1 Å². The molecule has 1 aromatic carbocycles. The summed E-state index contributed by atoms with van der Waals surface area (Å²) in [6.45, 7) is 2.78. The Kier molecular flexibility index (Phi) is 4.60. The summed E-state index contributed by atoms with van der Waals surface area (Å²) < 4.78 is 2.78. The number of rotatable bonds is 5. The molecule has 5 heteroatoms. The molecule has 94 valence electrons. The quantitative estimate of drug-likeness (QED) is 0.622. The van der Waals surface area contributed by atoms with E-state index in [9.17, 15) is 4.79 Å². The largest absolute Gasteiger partial charge is 0.293 e. The van der Waals surface area contributed by atoms with E-state index in [2.05, 4.69) is 21.0 Å². The molecule has 18 heavy (non-hydrogen) atoms. The Morgan fingerprint density at radius 2 is 2.22 bits per heavy atom. The summed E-state index contributed by atoms with van der Waals surface area (Å²) in [5.41, 5.74) is 0.677. The molecule has 0 amide bonds. The zero-order chi connectivity index (χ0) is 13.0. The lowest BCUT2D eigenvalue weighted by molar-refractivity contribution is 0.102. The Bertz CT molecular complexity index is 553. The highest BCUT2D eigenvalue weighted by atomic mass is 79.9. The van der Waals surface area contributed by atoms with Crippen LogP contribution in [0.1, 0.15) is 17.3 Å². The van der Waals surface area contributed by atoms with Crippen LogP contribution < -0.4 is 0 Å². The van der Waals surface area contributed by atoms with Gasteiger partial charge in [0.05, 0.1) is 17.5 Å². The second-order valence-corrected chi connectivity index (χ2v) is 5.60. The van der Waals surface area contributed by atoms with Gasteiger partial charge in [0.1, 0.15) is 0 Å². The molecule has 1 heterocycles. The molecule has 0 aliphatic heterocycles. The Morgan fingerprint density at radius 1 is 1.44 bits per heavy atom. The van der Waals surface area contributed by atoms with Crippen molar-refractivity contribution in [1.29, 1.82) is 0 Å². The molecule has 0 bridgehead atoms. The number of nitrogens with zero attached hydrogens (tertiary/aromatic N) is 2. The lowest BCUT2D eigenvalue weighted by Crippen LogP contribution is -2.01. The number of thioether (sulfide) groups is 1. The van der Waals surface area contributed by atoms with Crippen LogP contribution in [0.3, 0.4) is 0 Å². The zero-order valence-electron chi connectivity index (χ0n) is 9.97. The molecule has 1 aromatic heterocycles. The van der Waals surface area contributed by atoms with E-state index in [-0.39, 0.29) is 5.78 Å². The Morgan fingerprint density at radius 3 is 2.89 bits per heavy atom. The van der Waals surface area contributed by atoms with Crippen LogP contribution in [-0.2, 0) is 6.54 Å². The van der Waals surface area contributed by atoms with Crippen molar-refractivity contribution < 1.29 is 4.79 Å². The first kappa shape index (κ1) is 13.4. The van der Waals surface area contributed by atoms with Crippen molar-refractivity contribution in [2.24, 2.45) is 0 Å². The average Bonchev–Trinajstić information content (AvgIpc) is 2.86. The maximum absolute atomic E-state index is 12.0. The topological polar surface area (TPSA) is 34.9 Å². The number of carbonyl (C=O) groups is 1. The minimum atomic E-state index is 0.107. The number of benzene rings is 1. The van der Waals surface area contributed by atoms with Crippen molar-refractivity contribution >= 4 is 33.5 Å². The molecule has 0 spiro atoms. The monoisotopic (exact) mass is 324 g/mol. The highest BCUT2D eigenvalue weighted by Crippen LogP contribution is 2.27. The average molecular weight is 325 g/mol. The third kappa shape index (κ3) is 3.23. The molecule has 0 fully saturated rings. The SMILES string of the molecule is CCn1cc(C(=O)CSc2ccccc2Br)cn1. The van der Waals surface area contributed by atoms with Gasteiger partial charge in [-0.25, -0.2) is 0 Å². The van der Waals surface area contributed by atoms with Gasteiger partial charge in [-0.15, -0.1) is 11.8 Å². The van der Waals surface area contributed by atoms with Crippen LogP contribution in [0.25, 0.3) is 0 Å². The first-order valence-electron chi connectivity index (χ1n) is 5.63. The third-order valence-corrected chi connectivity index (χ3v) is 4.50. The molecule has 2 aromatic rings. The van der Waals surface area contributed by atoms with Gasteiger partial charge in [0, 0.05) is 22.1 Å². The molecule has 0 atom stereocenters. The fraction of sp³-hybridized carbons (Fsp3) is 0.231. The van der Waals surface area contributed by atoms with Crippen LogP contribution in [0.15, 0.2) is 46.0 Å². The number of Topliss-reactive ketones (excluding diaryl/α,β-unsaturated/α-hetero) is 1. The number of hydrogen-bond donors (Lipinski definition) is 0. The van der Waals surface area contributed by atoms with Crippen LogP contribution in [0.2, 0.25) is 0 Å². The van der Waals surface area contributed by atoms with Crippen molar-refractivity contribution in [2.45, 2.75) is 18.4 Å². The summed E-state index contributed by atoms with van der Waals surface area (Å²) in [4.78, 5) is 13.0. The smallest absolute Gasteiger partial charge is 0.176 e. The second kappa shape index (κ2) is 6.20. The lowest BCUT2D eigenvalue weighted by Gasteiger charge is -2.02. The Labute approximate surface area is 119 Å². The zero-order valence-corrected chi connectivity index (χ0v) is 12.4. The van der Waals surface area contributed by atoms with Crippen molar-refractivity contribution in [3.63, 3.8) is 0 Å². The molecular weight excluding hydrogens is 312 g/mol. The molecule has 0 radical (unpaired) electrons. The van der Waals surface area contributed by atoms with Gasteiger partial charge in [-0.05, 0) is 35.0 Å². The van der Waals surface area contributed by atoms with Crippen LogP contribution >= 0.6 is 27.7 Å². The number of hydrogen-bond acceptors (Lipinski definition) is 3. The van der Waals surface area contributed by atoms with Crippen LogP contribution in [-0.4, -0.2) is 21.3 Å². The number of aryl methyl sites for hydroxylation is 1. The van der Waals surface area contributed by atoms with E-state index < -0.39 is 0 Å². The molecule has 0 aliphatic rings. The van der Waals surface area contributed by atoms with E-state index in [4.69, 9.17) is 0 Å². The van der Waals surface area contributed by atoms with Gasteiger partial charge >= 0.3 is 0 Å². The summed E-state index contributed by atoms with van der Waals surface area (Å²) >= 11 is 5.00. The molecule has 2 rings (SSSR count). The van der Waals surface area contributed by atoms with Crippen LogP contribution in [0.5, 0.6) is 0 Å². The maximum atomic E-state index is 12.0. The predicted octanol–water partition coefficient (Wildman–Crippen LogP) is 3.64. The van der Waals surface area contributed by atoms with Crippen molar-refractivity contribution in [3.05, 3.63) is 46.7 Å². The summed E-state index contributed by atoms with van der Waals surface area (Å²) in [6, 6.07) is 7.90. The summed E-state index contributed by atoms with van der Waals surface area (Å²) in [6.07, 6.45) is 3.43. The molecular formula is C13H13BrN2OS. The van der Waals surface area contributed by atoms with Gasteiger partial charge in [-0.2, -0.15) is 5.10 Å². The van der Waals surface area contributed by atoms with E-state index in [0.29, 0.717) is 11.3 Å². The maximum Gasteiger partial charge on any atom is 0.176 e. The number of halogens is 1. The third-order valence-electron chi connectivity index (χ3n) is 2.47.